The third-order valence-electron chi connectivity index (χ3n) is 5.13. The number of fused-ring (bicyclic) bond motifs is 3. The van der Waals surface area contributed by atoms with E-state index in [2.05, 4.69) is 84.9 Å². The fourth-order valence-corrected chi connectivity index (χ4v) is 4.87. The van der Waals surface area contributed by atoms with E-state index < -0.39 is 0 Å². The second kappa shape index (κ2) is 6.66. The molecule has 0 fully saturated rings. The van der Waals surface area contributed by atoms with Crippen molar-refractivity contribution in [1.29, 1.82) is 0 Å². The Balaban J connectivity index is 1.62. The zero-order chi connectivity index (χ0) is 18.2. The molecule has 0 aliphatic heterocycles. The lowest BCUT2D eigenvalue weighted by atomic mass is 9.98. The van der Waals surface area contributed by atoms with Crippen molar-refractivity contribution >= 4 is 31.5 Å². The lowest BCUT2D eigenvalue weighted by Crippen LogP contribution is -1.95. The first-order valence-electron chi connectivity index (χ1n) is 9.13. The van der Waals surface area contributed by atoms with Crippen LogP contribution in [0.3, 0.4) is 0 Å². The molecule has 4 aromatic carbocycles. The molecule has 0 atom stereocenters. The predicted molar refractivity (Wildman–Crippen MR) is 118 cm³/mol. The van der Waals surface area contributed by atoms with Gasteiger partial charge in [0.05, 0.1) is 0 Å². The smallest absolute Gasteiger partial charge is 0.0358 e. The summed E-state index contributed by atoms with van der Waals surface area (Å²) in [6, 6.07) is 32.5. The SMILES string of the molecule is NCc1cccc2sc3ccc(-c4ccc(-c5ccccc5)cc4)cc3c12. The maximum Gasteiger partial charge on any atom is 0.0358 e. The van der Waals surface area contributed by atoms with Crippen LogP contribution in [0.1, 0.15) is 5.56 Å². The fourth-order valence-electron chi connectivity index (χ4n) is 3.74. The third-order valence-corrected chi connectivity index (χ3v) is 6.26. The van der Waals surface area contributed by atoms with Gasteiger partial charge < -0.3 is 5.73 Å². The van der Waals surface area contributed by atoms with E-state index in [1.165, 1.54) is 48.0 Å². The molecule has 5 aromatic rings. The molecule has 1 heterocycles. The molecule has 0 aliphatic rings. The van der Waals surface area contributed by atoms with Gasteiger partial charge in [-0.2, -0.15) is 0 Å². The number of hydrogen-bond donors (Lipinski definition) is 1. The van der Waals surface area contributed by atoms with Crippen LogP contribution >= 0.6 is 11.3 Å². The zero-order valence-corrected chi connectivity index (χ0v) is 15.7. The Morgan fingerprint density at radius 1 is 0.593 bits per heavy atom. The number of hydrogen-bond acceptors (Lipinski definition) is 2. The van der Waals surface area contributed by atoms with Crippen molar-refractivity contribution < 1.29 is 0 Å². The molecule has 0 bridgehead atoms. The number of thiophene rings is 1. The van der Waals surface area contributed by atoms with E-state index in [0.29, 0.717) is 6.54 Å². The van der Waals surface area contributed by atoms with Gasteiger partial charge in [-0.3, -0.25) is 0 Å². The van der Waals surface area contributed by atoms with Crippen molar-refractivity contribution in [1.82, 2.24) is 0 Å². The fraction of sp³-hybridized carbons (Fsp3) is 0.0400. The van der Waals surface area contributed by atoms with Gasteiger partial charge in [-0.15, -0.1) is 11.3 Å². The largest absolute Gasteiger partial charge is 0.326 e. The van der Waals surface area contributed by atoms with Crippen LogP contribution in [0.25, 0.3) is 42.4 Å². The molecule has 0 unspecified atom stereocenters. The summed E-state index contributed by atoms with van der Waals surface area (Å²) in [6.45, 7) is 0.569. The van der Waals surface area contributed by atoms with Crippen LogP contribution in [0.2, 0.25) is 0 Å². The van der Waals surface area contributed by atoms with Crippen molar-refractivity contribution in [2.45, 2.75) is 6.54 Å². The molecule has 1 nitrogen and oxygen atoms in total. The van der Waals surface area contributed by atoms with Crippen LogP contribution in [0.5, 0.6) is 0 Å². The molecule has 0 radical (unpaired) electrons. The van der Waals surface area contributed by atoms with E-state index in [9.17, 15) is 0 Å². The first kappa shape index (κ1) is 16.2. The Kier molecular flexibility index (Phi) is 4.01. The highest BCUT2D eigenvalue weighted by atomic mass is 32.1. The minimum atomic E-state index is 0.569. The van der Waals surface area contributed by atoms with Crippen molar-refractivity contribution in [3.63, 3.8) is 0 Å². The normalized spacial score (nSPS) is 11.3. The Morgan fingerprint density at radius 3 is 2.00 bits per heavy atom. The van der Waals surface area contributed by atoms with Crippen molar-refractivity contribution in [2.24, 2.45) is 5.73 Å². The first-order chi connectivity index (χ1) is 13.3. The van der Waals surface area contributed by atoms with Gasteiger partial charge in [0.1, 0.15) is 0 Å². The van der Waals surface area contributed by atoms with Crippen LogP contribution < -0.4 is 5.73 Å². The third kappa shape index (κ3) is 2.84. The molecule has 2 N–H and O–H groups in total. The maximum absolute atomic E-state index is 5.99. The van der Waals surface area contributed by atoms with E-state index in [1.54, 1.807) is 0 Å². The highest BCUT2D eigenvalue weighted by Gasteiger charge is 2.10. The molecule has 1 aromatic heterocycles. The second-order valence-electron chi connectivity index (χ2n) is 6.75. The van der Waals surface area contributed by atoms with Crippen molar-refractivity contribution in [2.75, 3.05) is 0 Å². The maximum atomic E-state index is 5.99. The summed E-state index contributed by atoms with van der Waals surface area (Å²) < 4.78 is 2.63. The summed E-state index contributed by atoms with van der Waals surface area (Å²) in [6.07, 6.45) is 0. The molecular weight excluding hydrogens is 346 g/mol. The Hall–Kier alpha value is -2.94. The summed E-state index contributed by atoms with van der Waals surface area (Å²) in [7, 11) is 0. The molecular formula is C25H19NS. The Morgan fingerprint density at radius 2 is 1.26 bits per heavy atom. The van der Waals surface area contributed by atoms with E-state index >= 15 is 0 Å². The zero-order valence-electron chi connectivity index (χ0n) is 14.9. The molecule has 0 saturated carbocycles. The van der Waals surface area contributed by atoms with Gasteiger partial charge in [0, 0.05) is 26.7 Å². The molecule has 0 saturated heterocycles. The van der Waals surface area contributed by atoms with Crippen molar-refractivity contribution in [3.8, 4) is 22.3 Å². The lowest BCUT2D eigenvalue weighted by Gasteiger charge is -2.06. The average Bonchev–Trinajstić information content (AvgIpc) is 3.12. The van der Waals surface area contributed by atoms with E-state index in [0.717, 1.165) is 0 Å². The predicted octanol–water partition coefficient (Wildman–Crippen LogP) is 6.85. The lowest BCUT2D eigenvalue weighted by molar-refractivity contribution is 1.09. The highest BCUT2D eigenvalue weighted by molar-refractivity contribution is 7.25. The van der Waals surface area contributed by atoms with Crippen LogP contribution in [-0.2, 0) is 6.54 Å². The first-order valence-corrected chi connectivity index (χ1v) is 9.95. The molecule has 130 valence electrons. The summed E-state index contributed by atoms with van der Waals surface area (Å²) in [5.74, 6) is 0. The minimum absolute atomic E-state index is 0.569. The Bertz CT molecular complexity index is 1230. The number of rotatable bonds is 3. The van der Waals surface area contributed by atoms with Gasteiger partial charge in [-0.05, 0) is 46.0 Å². The van der Waals surface area contributed by atoms with Gasteiger partial charge in [-0.1, -0.05) is 72.8 Å². The van der Waals surface area contributed by atoms with Gasteiger partial charge in [-0.25, -0.2) is 0 Å². The average molecular weight is 366 g/mol. The second-order valence-corrected chi connectivity index (χ2v) is 7.83. The quantitative estimate of drug-likeness (QED) is 0.372. The van der Waals surface area contributed by atoms with E-state index in [4.69, 9.17) is 5.73 Å². The molecule has 0 amide bonds. The summed E-state index contributed by atoms with van der Waals surface area (Å²) >= 11 is 1.84. The Labute approximate surface area is 162 Å². The molecule has 2 heteroatoms. The van der Waals surface area contributed by atoms with Crippen LogP contribution in [0.15, 0.2) is 91.0 Å². The molecule has 0 spiro atoms. The van der Waals surface area contributed by atoms with Crippen LogP contribution in [0.4, 0.5) is 0 Å². The van der Waals surface area contributed by atoms with Crippen molar-refractivity contribution in [3.05, 3.63) is 96.6 Å². The highest BCUT2D eigenvalue weighted by Crippen LogP contribution is 2.38. The summed E-state index contributed by atoms with van der Waals surface area (Å²) in [5, 5.41) is 2.61. The standard InChI is InChI=1S/C25H19NS/c26-16-21-7-4-8-24-25(21)22-15-20(13-14-23(22)27-24)19-11-9-18(10-12-19)17-5-2-1-3-6-17/h1-15H,16,26H2. The van der Waals surface area contributed by atoms with E-state index in [-0.39, 0.29) is 0 Å². The number of benzene rings is 4. The van der Waals surface area contributed by atoms with Crippen LogP contribution in [0, 0.1) is 0 Å². The molecule has 5 rings (SSSR count). The van der Waals surface area contributed by atoms with Gasteiger partial charge in [0.25, 0.3) is 0 Å². The minimum Gasteiger partial charge on any atom is -0.326 e. The molecule has 0 aliphatic carbocycles. The topological polar surface area (TPSA) is 26.0 Å². The van der Waals surface area contributed by atoms with Crippen LogP contribution in [-0.4, -0.2) is 0 Å². The molecule has 27 heavy (non-hydrogen) atoms. The summed E-state index contributed by atoms with van der Waals surface area (Å²) in [5.41, 5.74) is 12.2. The monoisotopic (exact) mass is 365 g/mol. The van der Waals surface area contributed by atoms with Gasteiger partial charge in [0.2, 0.25) is 0 Å². The van der Waals surface area contributed by atoms with E-state index in [1.807, 2.05) is 17.4 Å². The van der Waals surface area contributed by atoms with Gasteiger partial charge in [0.15, 0.2) is 0 Å². The van der Waals surface area contributed by atoms with Gasteiger partial charge >= 0.3 is 0 Å². The number of nitrogens with two attached hydrogens (primary N) is 1. The summed E-state index contributed by atoms with van der Waals surface area (Å²) in [4.78, 5) is 0.